The van der Waals surface area contributed by atoms with E-state index in [1.807, 2.05) is 36.6 Å². The smallest absolute Gasteiger partial charge is 0.0682 e. The quantitative estimate of drug-likeness (QED) is 0.528. The molecule has 1 aromatic rings. The third-order valence-corrected chi connectivity index (χ3v) is 2.09. The molecule has 0 bridgehead atoms. The van der Waals surface area contributed by atoms with Crippen LogP contribution in [0.15, 0.2) is 30.3 Å². The third-order valence-electron chi connectivity index (χ3n) is 1.45. The van der Waals surface area contributed by atoms with E-state index in [1.165, 1.54) is 17.3 Å². The zero-order valence-electron chi connectivity index (χ0n) is 6.50. The molecule has 0 spiro atoms. The third kappa shape index (κ3) is 2.76. The lowest BCUT2D eigenvalue weighted by atomic mass is 10.2. The molecule has 1 rings (SSSR count). The van der Waals surface area contributed by atoms with Gasteiger partial charge in [-0.05, 0) is 11.8 Å². The van der Waals surface area contributed by atoms with Crippen LogP contribution in [0.25, 0.3) is 0 Å². The second kappa shape index (κ2) is 4.19. The van der Waals surface area contributed by atoms with Crippen LogP contribution < -0.4 is 0 Å². The predicted molar refractivity (Wildman–Crippen MR) is 51.4 cm³/mol. The number of hydrogen-bond acceptors (Lipinski definition) is 2. The van der Waals surface area contributed by atoms with E-state index in [0.717, 1.165) is 11.5 Å². The highest BCUT2D eigenvalue weighted by molar-refractivity contribution is 8.13. The first-order chi connectivity index (χ1) is 5.33. The van der Waals surface area contributed by atoms with Gasteiger partial charge in [0.25, 0.3) is 0 Å². The van der Waals surface area contributed by atoms with E-state index in [0.29, 0.717) is 0 Å². The molecular weight excluding hydrogens is 154 g/mol. The lowest BCUT2D eigenvalue weighted by Crippen LogP contribution is -1.94. The fraction of sp³-hybridized carbons (Fsp3) is 0.222. The summed E-state index contributed by atoms with van der Waals surface area (Å²) in [7, 11) is 0. The van der Waals surface area contributed by atoms with Crippen LogP contribution in [0.5, 0.6) is 0 Å². The van der Waals surface area contributed by atoms with Gasteiger partial charge in [0.2, 0.25) is 0 Å². The van der Waals surface area contributed by atoms with Gasteiger partial charge in [-0.2, -0.15) is 0 Å². The Morgan fingerprint density at radius 1 is 1.36 bits per heavy atom. The van der Waals surface area contributed by atoms with Crippen molar-refractivity contribution in [2.75, 3.05) is 6.26 Å². The molecule has 0 unspecified atom stereocenters. The second-order valence-electron chi connectivity index (χ2n) is 2.29. The Labute approximate surface area is 71.3 Å². The molecule has 0 aliphatic rings. The number of nitrogens with one attached hydrogen (secondary N) is 1. The zero-order valence-corrected chi connectivity index (χ0v) is 7.32. The molecule has 0 saturated heterocycles. The molecule has 58 valence electrons. The maximum Gasteiger partial charge on any atom is 0.0682 e. The Kier molecular flexibility index (Phi) is 3.17. The molecule has 2 heteroatoms. The summed E-state index contributed by atoms with van der Waals surface area (Å²) in [5.74, 6) is 0. The first-order valence-electron chi connectivity index (χ1n) is 3.48. The first kappa shape index (κ1) is 8.34. The van der Waals surface area contributed by atoms with Crippen molar-refractivity contribution in [1.29, 1.82) is 5.41 Å². The highest BCUT2D eigenvalue weighted by Gasteiger charge is 1.94. The highest BCUT2D eigenvalue weighted by atomic mass is 32.2. The summed E-state index contributed by atoms with van der Waals surface area (Å²) in [5, 5.41) is 8.16. The van der Waals surface area contributed by atoms with Gasteiger partial charge in [0.1, 0.15) is 0 Å². The summed E-state index contributed by atoms with van der Waals surface area (Å²) < 4.78 is 0. The fourth-order valence-corrected chi connectivity index (χ4v) is 1.16. The summed E-state index contributed by atoms with van der Waals surface area (Å²) in [6, 6.07) is 10.1. The summed E-state index contributed by atoms with van der Waals surface area (Å²) in [5.41, 5.74) is 1.21. The van der Waals surface area contributed by atoms with Gasteiger partial charge in [0.15, 0.2) is 0 Å². The average molecular weight is 165 g/mol. The Morgan fingerprint density at radius 2 is 2.00 bits per heavy atom. The summed E-state index contributed by atoms with van der Waals surface area (Å²) in [6.45, 7) is 0. The Balaban J connectivity index is 2.58. The number of benzene rings is 1. The van der Waals surface area contributed by atoms with Gasteiger partial charge in [-0.15, -0.1) is 11.8 Å². The molecule has 0 fully saturated rings. The van der Waals surface area contributed by atoms with Crippen LogP contribution in [0, 0.1) is 5.41 Å². The van der Waals surface area contributed by atoms with E-state index in [9.17, 15) is 0 Å². The topological polar surface area (TPSA) is 23.9 Å². The molecule has 0 aliphatic carbocycles. The molecule has 11 heavy (non-hydrogen) atoms. The molecule has 0 saturated carbocycles. The van der Waals surface area contributed by atoms with Crippen molar-refractivity contribution in [2.45, 2.75) is 6.42 Å². The largest absolute Gasteiger partial charge is 0.298 e. The Bertz CT molecular complexity index is 231. The molecule has 0 heterocycles. The molecule has 0 amide bonds. The number of thioether (sulfide) groups is 1. The van der Waals surface area contributed by atoms with Gasteiger partial charge in [-0.3, -0.25) is 5.41 Å². The van der Waals surface area contributed by atoms with Crippen LogP contribution >= 0.6 is 11.8 Å². The van der Waals surface area contributed by atoms with E-state index < -0.39 is 0 Å². The van der Waals surface area contributed by atoms with Gasteiger partial charge >= 0.3 is 0 Å². The number of hydrogen-bond donors (Lipinski definition) is 1. The molecule has 1 aromatic carbocycles. The molecule has 0 aliphatic heterocycles. The normalized spacial score (nSPS) is 9.55. The molecule has 0 radical (unpaired) electrons. The maximum absolute atomic E-state index is 7.44. The van der Waals surface area contributed by atoms with Gasteiger partial charge in [0.05, 0.1) is 5.04 Å². The molecular formula is C9H11NS. The molecule has 1 nitrogen and oxygen atoms in total. The van der Waals surface area contributed by atoms with Crippen LogP contribution in [0.1, 0.15) is 5.56 Å². The van der Waals surface area contributed by atoms with E-state index in [-0.39, 0.29) is 0 Å². The fourth-order valence-electron chi connectivity index (χ4n) is 0.853. The monoisotopic (exact) mass is 165 g/mol. The minimum atomic E-state index is 0.719. The SMILES string of the molecule is CSC(=N)Cc1ccccc1. The molecule has 0 aromatic heterocycles. The first-order valence-corrected chi connectivity index (χ1v) is 4.70. The minimum absolute atomic E-state index is 0.719. The van der Waals surface area contributed by atoms with Crippen molar-refractivity contribution in [1.82, 2.24) is 0 Å². The van der Waals surface area contributed by atoms with Gasteiger partial charge in [0, 0.05) is 6.42 Å². The summed E-state index contributed by atoms with van der Waals surface area (Å²) in [4.78, 5) is 0. The van der Waals surface area contributed by atoms with Crippen molar-refractivity contribution in [3.05, 3.63) is 35.9 Å². The van der Waals surface area contributed by atoms with Crippen LogP contribution in [-0.4, -0.2) is 11.3 Å². The lowest BCUT2D eigenvalue weighted by Gasteiger charge is -1.98. The summed E-state index contributed by atoms with van der Waals surface area (Å²) >= 11 is 1.50. The highest BCUT2D eigenvalue weighted by Crippen LogP contribution is 2.05. The second-order valence-corrected chi connectivity index (χ2v) is 3.19. The lowest BCUT2D eigenvalue weighted by molar-refractivity contribution is 1.32. The number of rotatable bonds is 2. The predicted octanol–water partition coefficient (Wildman–Crippen LogP) is 2.57. The van der Waals surface area contributed by atoms with Gasteiger partial charge in [-0.1, -0.05) is 30.3 Å². The molecule has 1 N–H and O–H groups in total. The van der Waals surface area contributed by atoms with E-state index in [4.69, 9.17) is 5.41 Å². The van der Waals surface area contributed by atoms with E-state index in [1.54, 1.807) is 0 Å². The van der Waals surface area contributed by atoms with Gasteiger partial charge < -0.3 is 0 Å². The zero-order chi connectivity index (χ0) is 8.10. The van der Waals surface area contributed by atoms with Crippen molar-refractivity contribution in [3.63, 3.8) is 0 Å². The van der Waals surface area contributed by atoms with E-state index in [2.05, 4.69) is 0 Å². The standard InChI is InChI=1S/C9H11NS/c1-11-9(10)7-8-5-3-2-4-6-8/h2-6,10H,7H2,1H3. The summed E-state index contributed by atoms with van der Waals surface area (Å²) in [6.07, 6.45) is 2.70. The van der Waals surface area contributed by atoms with E-state index >= 15 is 0 Å². The van der Waals surface area contributed by atoms with Crippen LogP contribution in [-0.2, 0) is 6.42 Å². The maximum atomic E-state index is 7.44. The van der Waals surface area contributed by atoms with Crippen LogP contribution in [0.3, 0.4) is 0 Å². The Hall–Kier alpha value is -0.760. The van der Waals surface area contributed by atoms with Crippen molar-refractivity contribution in [2.24, 2.45) is 0 Å². The molecule has 0 atom stereocenters. The van der Waals surface area contributed by atoms with Crippen LogP contribution in [0.4, 0.5) is 0 Å². The van der Waals surface area contributed by atoms with Crippen LogP contribution in [0.2, 0.25) is 0 Å². The van der Waals surface area contributed by atoms with Crippen molar-refractivity contribution in [3.8, 4) is 0 Å². The minimum Gasteiger partial charge on any atom is -0.298 e. The van der Waals surface area contributed by atoms with Crippen molar-refractivity contribution >= 4 is 16.8 Å². The Morgan fingerprint density at radius 3 is 2.55 bits per heavy atom. The average Bonchev–Trinajstić information content (AvgIpc) is 2.06. The van der Waals surface area contributed by atoms with Gasteiger partial charge in [-0.25, -0.2) is 0 Å². The van der Waals surface area contributed by atoms with Crippen molar-refractivity contribution < 1.29 is 0 Å².